The third kappa shape index (κ3) is 4.56. The van der Waals surface area contributed by atoms with Gasteiger partial charge in [-0.05, 0) is 75.4 Å². The van der Waals surface area contributed by atoms with E-state index in [0.717, 1.165) is 35.6 Å². The van der Waals surface area contributed by atoms with E-state index in [9.17, 15) is 8.42 Å². The van der Waals surface area contributed by atoms with Crippen molar-refractivity contribution in [2.24, 2.45) is 5.92 Å². The highest BCUT2D eigenvalue weighted by Crippen LogP contribution is 2.34. The fourth-order valence-electron chi connectivity index (χ4n) is 3.78. The molecule has 6 nitrogen and oxygen atoms in total. The van der Waals surface area contributed by atoms with Gasteiger partial charge in [0.25, 0.3) is 0 Å². The average molecular weight is 442 g/mol. The zero-order valence-corrected chi connectivity index (χ0v) is 19.5. The largest absolute Gasteiger partial charge is 0.494 e. The predicted molar refractivity (Wildman–Crippen MR) is 125 cm³/mol. The summed E-state index contributed by atoms with van der Waals surface area (Å²) >= 11 is 0. The van der Waals surface area contributed by atoms with Crippen LogP contribution in [0.5, 0.6) is 5.75 Å². The fourth-order valence-corrected chi connectivity index (χ4v) is 4.82. The summed E-state index contributed by atoms with van der Waals surface area (Å²) in [6, 6.07) is 13.9. The smallest absolute Gasteiger partial charge is 0.237 e. The molecule has 0 N–H and O–H groups in total. The van der Waals surface area contributed by atoms with Gasteiger partial charge in [0.05, 0.1) is 28.6 Å². The van der Waals surface area contributed by atoms with E-state index in [1.54, 1.807) is 20.9 Å². The van der Waals surface area contributed by atoms with Crippen molar-refractivity contribution >= 4 is 26.7 Å². The Kier molecular flexibility index (Phi) is 5.97. The van der Waals surface area contributed by atoms with E-state index < -0.39 is 15.3 Å². The summed E-state index contributed by atoms with van der Waals surface area (Å²) in [6.07, 6.45) is 3.24. The van der Waals surface area contributed by atoms with E-state index in [1.165, 1.54) is 22.7 Å². The Morgan fingerprint density at radius 2 is 1.87 bits per heavy atom. The van der Waals surface area contributed by atoms with Crippen LogP contribution in [-0.2, 0) is 23.0 Å². The van der Waals surface area contributed by atoms with Crippen LogP contribution < -0.4 is 9.04 Å². The van der Waals surface area contributed by atoms with Crippen molar-refractivity contribution in [2.75, 3.05) is 18.0 Å². The topological polar surface area (TPSA) is 64.4 Å². The molecule has 0 spiro atoms. The second-order valence-corrected chi connectivity index (χ2v) is 11.1. The standard InChI is InChI=1S/C24H31N3O3S/c1-5-30-21-11-8-18(9-12-21)14-24-25-22-15-20(26(4)31(28,29)17(2)3)10-13-23(22)27(24)16-19-6-7-19/h8-13,15,17,19H,5-7,14,16H2,1-4H3. The van der Waals surface area contributed by atoms with Crippen LogP contribution in [0, 0.1) is 5.92 Å². The maximum atomic E-state index is 12.6. The van der Waals surface area contributed by atoms with Crippen molar-refractivity contribution in [1.29, 1.82) is 0 Å². The second-order valence-electron chi connectivity index (χ2n) is 8.57. The molecule has 0 bridgehead atoms. The number of fused-ring (bicyclic) bond motifs is 1. The quantitative estimate of drug-likeness (QED) is 0.486. The van der Waals surface area contributed by atoms with Crippen LogP contribution in [0.2, 0.25) is 0 Å². The van der Waals surface area contributed by atoms with Crippen molar-refractivity contribution in [3.63, 3.8) is 0 Å². The number of hydrogen-bond donors (Lipinski definition) is 0. The van der Waals surface area contributed by atoms with Crippen LogP contribution >= 0.6 is 0 Å². The van der Waals surface area contributed by atoms with Gasteiger partial charge < -0.3 is 9.30 Å². The van der Waals surface area contributed by atoms with Crippen LogP contribution in [0.4, 0.5) is 5.69 Å². The van der Waals surface area contributed by atoms with Crippen molar-refractivity contribution in [1.82, 2.24) is 9.55 Å². The average Bonchev–Trinajstić information content (AvgIpc) is 3.50. The molecule has 1 fully saturated rings. The van der Waals surface area contributed by atoms with Crippen LogP contribution in [0.25, 0.3) is 11.0 Å². The number of rotatable bonds is 9. The molecule has 1 aromatic heterocycles. The summed E-state index contributed by atoms with van der Waals surface area (Å²) in [5.41, 5.74) is 3.72. The maximum Gasteiger partial charge on any atom is 0.237 e. The third-order valence-electron chi connectivity index (χ3n) is 5.89. The number of aromatic nitrogens is 2. The first-order valence-corrected chi connectivity index (χ1v) is 12.5. The normalized spacial score (nSPS) is 14.4. The molecular formula is C24H31N3O3S. The van der Waals surface area contributed by atoms with Gasteiger partial charge in [-0.2, -0.15) is 0 Å². The molecule has 166 valence electrons. The van der Waals surface area contributed by atoms with Crippen LogP contribution in [-0.4, -0.2) is 36.9 Å². The summed E-state index contributed by atoms with van der Waals surface area (Å²) in [6.45, 7) is 6.99. The summed E-state index contributed by atoms with van der Waals surface area (Å²) in [5.74, 6) is 2.59. The Morgan fingerprint density at radius 3 is 2.48 bits per heavy atom. The first kappa shape index (κ1) is 21.7. The Labute approximate surface area is 184 Å². The highest BCUT2D eigenvalue weighted by atomic mass is 32.2. The number of sulfonamides is 1. The number of imidazole rings is 1. The molecule has 31 heavy (non-hydrogen) atoms. The summed E-state index contributed by atoms with van der Waals surface area (Å²) in [4.78, 5) is 4.93. The molecule has 1 saturated carbocycles. The molecule has 0 unspecified atom stereocenters. The molecule has 0 amide bonds. The van der Waals surface area contributed by atoms with Gasteiger partial charge in [0.1, 0.15) is 11.6 Å². The molecule has 0 aliphatic heterocycles. The monoisotopic (exact) mass is 441 g/mol. The molecular weight excluding hydrogens is 410 g/mol. The lowest BCUT2D eigenvalue weighted by atomic mass is 10.1. The zero-order chi connectivity index (χ0) is 22.2. The molecule has 7 heteroatoms. The number of hydrogen-bond acceptors (Lipinski definition) is 4. The SMILES string of the molecule is CCOc1ccc(Cc2nc3cc(N(C)S(=O)(=O)C(C)C)ccc3n2CC2CC2)cc1. The minimum absolute atomic E-state index is 0.476. The van der Waals surface area contributed by atoms with Crippen LogP contribution in [0.3, 0.4) is 0 Å². The predicted octanol–water partition coefficient (Wildman–Crippen LogP) is 4.61. The van der Waals surface area contributed by atoms with E-state index in [2.05, 4.69) is 16.7 Å². The Hall–Kier alpha value is -2.54. The summed E-state index contributed by atoms with van der Waals surface area (Å²) in [7, 11) is -1.77. The lowest BCUT2D eigenvalue weighted by Gasteiger charge is -2.21. The number of anilines is 1. The van der Waals surface area contributed by atoms with Gasteiger partial charge in [-0.25, -0.2) is 13.4 Å². The van der Waals surface area contributed by atoms with Crippen molar-refractivity contribution in [3.05, 3.63) is 53.9 Å². The van der Waals surface area contributed by atoms with Gasteiger partial charge >= 0.3 is 0 Å². The highest BCUT2D eigenvalue weighted by molar-refractivity contribution is 7.93. The fraction of sp³-hybridized carbons (Fsp3) is 0.458. The lowest BCUT2D eigenvalue weighted by Crippen LogP contribution is -2.32. The molecule has 1 heterocycles. The lowest BCUT2D eigenvalue weighted by molar-refractivity contribution is 0.340. The van der Waals surface area contributed by atoms with Crippen LogP contribution in [0.15, 0.2) is 42.5 Å². The summed E-state index contributed by atoms with van der Waals surface area (Å²) < 4.78 is 34.4. The molecule has 0 radical (unpaired) electrons. The van der Waals surface area contributed by atoms with Crippen molar-refractivity contribution in [3.8, 4) is 5.75 Å². The first-order valence-electron chi connectivity index (χ1n) is 11.0. The van der Waals surface area contributed by atoms with Gasteiger partial charge in [0, 0.05) is 20.0 Å². The number of ether oxygens (including phenoxy) is 1. The number of benzene rings is 2. The minimum atomic E-state index is -3.38. The van der Waals surface area contributed by atoms with Crippen molar-refractivity contribution in [2.45, 2.75) is 51.8 Å². The van der Waals surface area contributed by atoms with Crippen LogP contribution in [0.1, 0.15) is 45.0 Å². The molecule has 3 aromatic rings. The Bertz CT molecular complexity index is 1160. The number of nitrogens with zero attached hydrogens (tertiary/aromatic N) is 3. The minimum Gasteiger partial charge on any atom is -0.494 e. The highest BCUT2D eigenvalue weighted by Gasteiger charge is 2.26. The first-order chi connectivity index (χ1) is 14.8. The van der Waals surface area contributed by atoms with E-state index >= 15 is 0 Å². The maximum absolute atomic E-state index is 12.6. The molecule has 1 aliphatic carbocycles. The second kappa shape index (κ2) is 8.54. The van der Waals surface area contributed by atoms with E-state index in [0.29, 0.717) is 18.2 Å². The molecule has 0 atom stereocenters. The van der Waals surface area contributed by atoms with Crippen molar-refractivity contribution < 1.29 is 13.2 Å². The summed E-state index contributed by atoms with van der Waals surface area (Å²) in [5, 5.41) is -0.476. The zero-order valence-electron chi connectivity index (χ0n) is 18.7. The van der Waals surface area contributed by atoms with E-state index in [4.69, 9.17) is 9.72 Å². The third-order valence-corrected chi connectivity index (χ3v) is 8.05. The van der Waals surface area contributed by atoms with Gasteiger partial charge in [-0.1, -0.05) is 12.1 Å². The molecule has 0 saturated heterocycles. The molecule has 1 aliphatic rings. The molecule has 2 aromatic carbocycles. The van der Waals surface area contributed by atoms with Gasteiger partial charge in [-0.15, -0.1) is 0 Å². The van der Waals surface area contributed by atoms with Gasteiger partial charge in [0.15, 0.2) is 0 Å². The Morgan fingerprint density at radius 1 is 1.16 bits per heavy atom. The van der Waals surface area contributed by atoms with E-state index in [1.807, 2.05) is 37.3 Å². The molecule has 4 rings (SSSR count). The Balaban J connectivity index is 1.69. The van der Waals surface area contributed by atoms with Gasteiger partial charge in [0.2, 0.25) is 10.0 Å². The van der Waals surface area contributed by atoms with Gasteiger partial charge in [-0.3, -0.25) is 4.31 Å². The van der Waals surface area contributed by atoms with E-state index in [-0.39, 0.29) is 0 Å².